The summed E-state index contributed by atoms with van der Waals surface area (Å²) < 4.78 is 0. The molecular formula is C13H28N2. The van der Waals surface area contributed by atoms with Crippen molar-refractivity contribution in [1.82, 2.24) is 10.2 Å². The summed E-state index contributed by atoms with van der Waals surface area (Å²) in [5.74, 6) is 0. The molecule has 15 heavy (non-hydrogen) atoms. The lowest BCUT2D eigenvalue weighted by atomic mass is 9.92. The van der Waals surface area contributed by atoms with Gasteiger partial charge in [0.2, 0.25) is 0 Å². The fourth-order valence-corrected chi connectivity index (χ4v) is 1.97. The number of rotatable bonds is 7. The molecule has 2 nitrogen and oxygen atoms in total. The molecule has 1 aliphatic carbocycles. The topological polar surface area (TPSA) is 15.3 Å². The Morgan fingerprint density at radius 3 is 2.33 bits per heavy atom. The van der Waals surface area contributed by atoms with E-state index >= 15 is 0 Å². The lowest BCUT2D eigenvalue weighted by molar-refractivity contribution is 0.149. The number of hydrogen-bond donors (Lipinski definition) is 1. The molecule has 0 atom stereocenters. The van der Waals surface area contributed by atoms with Crippen molar-refractivity contribution in [3.8, 4) is 0 Å². The minimum absolute atomic E-state index is 0.392. The molecule has 0 spiro atoms. The molecule has 1 aliphatic rings. The van der Waals surface area contributed by atoms with Crippen LogP contribution in [0.15, 0.2) is 0 Å². The van der Waals surface area contributed by atoms with Crippen LogP contribution < -0.4 is 5.32 Å². The molecule has 0 aromatic rings. The first kappa shape index (κ1) is 13.0. The van der Waals surface area contributed by atoms with Gasteiger partial charge in [-0.05, 0) is 38.6 Å². The Labute approximate surface area is 95.4 Å². The van der Waals surface area contributed by atoms with Crippen molar-refractivity contribution in [3.63, 3.8) is 0 Å². The Balaban J connectivity index is 2.30. The zero-order valence-electron chi connectivity index (χ0n) is 11.1. The van der Waals surface area contributed by atoms with Gasteiger partial charge in [0.15, 0.2) is 0 Å². The van der Waals surface area contributed by atoms with Crippen LogP contribution in [0.2, 0.25) is 0 Å². The Bertz CT molecular complexity index is 183. The first-order valence-corrected chi connectivity index (χ1v) is 6.42. The van der Waals surface area contributed by atoms with Crippen LogP contribution >= 0.6 is 0 Å². The Hall–Kier alpha value is -0.0800. The van der Waals surface area contributed by atoms with E-state index in [1.807, 2.05) is 0 Å². The summed E-state index contributed by atoms with van der Waals surface area (Å²) in [6, 6.07) is 1.49. The van der Waals surface area contributed by atoms with E-state index in [0.29, 0.717) is 11.5 Å². The van der Waals surface area contributed by atoms with Crippen molar-refractivity contribution in [3.05, 3.63) is 0 Å². The van der Waals surface area contributed by atoms with Gasteiger partial charge < -0.3 is 10.2 Å². The molecule has 0 heterocycles. The fraction of sp³-hybridized carbons (Fsp3) is 1.00. The highest BCUT2D eigenvalue weighted by molar-refractivity contribution is 4.85. The molecule has 0 aromatic heterocycles. The maximum atomic E-state index is 3.64. The molecule has 0 saturated heterocycles. The van der Waals surface area contributed by atoms with Gasteiger partial charge in [0.1, 0.15) is 0 Å². The SMILES string of the molecule is CCN(CC(C)(C)CNC1CC1)C(C)C. The fourth-order valence-electron chi connectivity index (χ4n) is 1.97. The van der Waals surface area contributed by atoms with E-state index in [9.17, 15) is 0 Å². The molecule has 1 saturated carbocycles. The zero-order chi connectivity index (χ0) is 11.5. The smallest absolute Gasteiger partial charge is 0.00684 e. The molecule has 0 aromatic carbocycles. The minimum Gasteiger partial charge on any atom is -0.313 e. The molecule has 1 N–H and O–H groups in total. The summed E-state index contributed by atoms with van der Waals surface area (Å²) in [5.41, 5.74) is 0.392. The summed E-state index contributed by atoms with van der Waals surface area (Å²) in [5, 5.41) is 3.64. The summed E-state index contributed by atoms with van der Waals surface area (Å²) >= 11 is 0. The molecule has 90 valence electrons. The first-order chi connectivity index (χ1) is 6.94. The first-order valence-electron chi connectivity index (χ1n) is 6.42. The molecular weight excluding hydrogens is 184 g/mol. The van der Waals surface area contributed by atoms with Gasteiger partial charge in [0, 0.05) is 25.2 Å². The quantitative estimate of drug-likeness (QED) is 0.697. The van der Waals surface area contributed by atoms with E-state index in [4.69, 9.17) is 0 Å². The average molecular weight is 212 g/mol. The number of nitrogens with zero attached hydrogens (tertiary/aromatic N) is 1. The van der Waals surface area contributed by atoms with Crippen molar-refractivity contribution in [2.24, 2.45) is 5.41 Å². The van der Waals surface area contributed by atoms with Crippen LogP contribution in [0.25, 0.3) is 0 Å². The van der Waals surface area contributed by atoms with Crippen LogP contribution in [-0.2, 0) is 0 Å². The number of hydrogen-bond acceptors (Lipinski definition) is 2. The van der Waals surface area contributed by atoms with Crippen molar-refractivity contribution in [1.29, 1.82) is 0 Å². The lowest BCUT2D eigenvalue weighted by Crippen LogP contribution is -2.43. The molecule has 0 aliphatic heterocycles. The second-order valence-electron chi connectivity index (χ2n) is 5.98. The third kappa shape index (κ3) is 4.98. The second-order valence-corrected chi connectivity index (χ2v) is 5.98. The molecule has 0 radical (unpaired) electrons. The van der Waals surface area contributed by atoms with Gasteiger partial charge >= 0.3 is 0 Å². The van der Waals surface area contributed by atoms with Crippen LogP contribution in [0.4, 0.5) is 0 Å². The van der Waals surface area contributed by atoms with Crippen LogP contribution in [0, 0.1) is 5.41 Å². The van der Waals surface area contributed by atoms with Crippen molar-refractivity contribution in [2.45, 2.75) is 59.5 Å². The minimum atomic E-state index is 0.392. The lowest BCUT2D eigenvalue weighted by Gasteiger charge is -2.34. The molecule has 1 rings (SSSR count). The van der Waals surface area contributed by atoms with E-state index in [1.54, 1.807) is 0 Å². The number of nitrogens with one attached hydrogen (secondary N) is 1. The monoisotopic (exact) mass is 212 g/mol. The third-order valence-electron chi connectivity index (χ3n) is 3.21. The highest BCUT2D eigenvalue weighted by Crippen LogP contribution is 2.22. The highest BCUT2D eigenvalue weighted by atomic mass is 15.2. The van der Waals surface area contributed by atoms with E-state index in [2.05, 4.69) is 44.8 Å². The van der Waals surface area contributed by atoms with Gasteiger partial charge in [-0.2, -0.15) is 0 Å². The molecule has 0 bridgehead atoms. The standard InChI is InChI=1S/C13H28N2/c1-6-15(11(2)3)10-13(4,5)9-14-12-7-8-12/h11-12,14H,6-10H2,1-5H3. The van der Waals surface area contributed by atoms with E-state index in [-0.39, 0.29) is 0 Å². The maximum Gasteiger partial charge on any atom is 0.00684 e. The summed E-state index contributed by atoms with van der Waals surface area (Å²) in [6.45, 7) is 15.1. The molecule has 2 heteroatoms. The van der Waals surface area contributed by atoms with E-state index < -0.39 is 0 Å². The van der Waals surface area contributed by atoms with Crippen LogP contribution in [-0.4, -0.2) is 36.6 Å². The van der Waals surface area contributed by atoms with E-state index in [1.165, 1.54) is 19.4 Å². The highest BCUT2D eigenvalue weighted by Gasteiger charge is 2.27. The molecule has 0 amide bonds. The second kappa shape index (κ2) is 5.31. The summed E-state index contributed by atoms with van der Waals surface area (Å²) in [7, 11) is 0. The third-order valence-corrected chi connectivity index (χ3v) is 3.21. The zero-order valence-corrected chi connectivity index (χ0v) is 11.1. The van der Waals surface area contributed by atoms with E-state index in [0.717, 1.165) is 19.1 Å². The Morgan fingerprint density at radius 2 is 1.93 bits per heavy atom. The Morgan fingerprint density at radius 1 is 1.33 bits per heavy atom. The molecule has 0 unspecified atom stereocenters. The maximum absolute atomic E-state index is 3.64. The average Bonchev–Trinajstić information content (AvgIpc) is 2.94. The van der Waals surface area contributed by atoms with Crippen LogP contribution in [0.5, 0.6) is 0 Å². The molecule has 1 fully saturated rings. The Kier molecular flexibility index (Phi) is 4.60. The van der Waals surface area contributed by atoms with Gasteiger partial charge in [-0.1, -0.05) is 20.8 Å². The van der Waals surface area contributed by atoms with Crippen molar-refractivity contribution >= 4 is 0 Å². The van der Waals surface area contributed by atoms with Gasteiger partial charge in [-0.15, -0.1) is 0 Å². The predicted molar refractivity (Wildman–Crippen MR) is 67.2 cm³/mol. The largest absolute Gasteiger partial charge is 0.313 e. The summed E-state index contributed by atoms with van der Waals surface area (Å²) in [4.78, 5) is 2.55. The van der Waals surface area contributed by atoms with Gasteiger partial charge in [0.05, 0.1) is 0 Å². The van der Waals surface area contributed by atoms with Crippen LogP contribution in [0.1, 0.15) is 47.5 Å². The predicted octanol–water partition coefficient (Wildman–Crippen LogP) is 2.49. The van der Waals surface area contributed by atoms with Crippen LogP contribution in [0.3, 0.4) is 0 Å². The van der Waals surface area contributed by atoms with Gasteiger partial charge in [-0.3, -0.25) is 0 Å². The normalized spacial score (nSPS) is 17.8. The van der Waals surface area contributed by atoms with Gasteiger partial charge in [-0.25, -0.2) is 0 Å². The summed E-state index contributed by atoms with van der Waals surface area (Å²) in [6.07, 6.45) is 2.77. The van der Waals surface area contributed by atoms with Gasteiger partial charge in [0.25, 0.3) is 0 Å². The van der Waals surface area contributed by atoms with Crippen molar-refractivity contribution in [2.75, 3.05) is 19.6 Å². The van der Waals surface area contributed by atoms with Crippen molar-refractivity contribution < 1.29 is 0 Å².